The summed E-state index contributed by atoms with van der Waals surface area (Å²) in [6.07, 6.45) is 17.6. The number of carboxylic acids is 2. The molecule has 12 aliphatic rings. The molecular weight excluding hydrogens is 1680 g/mol. The summed E-state index contributed by atoms with van der Waals surface area (Å²) in [5.41, 5.74) is -5.02. The van der Waals surface area contributed by atoms with E-state index in [1.165, 1.54) is 48.6 Å². The normalized spacial score (nSPS) is 32.6. The van der Waals surface area contributed by atoms with Crippen LogP contribution < -0.4 is 31.2 Å². The van der Waals surface area contributed by atoms with Gasteiger partial charge in [-0.1, -0.05) is 142 Å². The smallest absolute Gasteiger partial charge is 0.485 e. The van der Waals surface area contributed by atoms with Crippen LogP contribution in [0.15, 0.2) is 84.0 Å². The standard InChI is InChI=1S/C45H56FN3O10.C24H31N3O6.C21H27FO5.C2HF3O2.2CH4/c1-26-22-32-31-16-15-27-23-28(50)19-20-42(27,2)44(31,46)35(52)24-43(32,3)45(26,58)41(57)47-21-10-8-6-4-5-7-9-12-29(51)25-59-34-14-11-13-30-37(34)40(56)49(39(30)55)33-17-18-36(53)48-38(33)54;25-14-7-5-3-1-2-4-6-9-16(28)15-33-19-11-8-10-17-21(19)24(32)27(23(17)31)18-12-13-20(29)26-22(18)30;1-11-8-15-14-5-4-12-9-13(23)6-7-18(12,2)20(14,22)16(24)10-19(15,3)21(11,27)17(25)26;3-2(4,5)1(6)7;;/h11,13-14,19-20,23,26,31-33,35,52,58H,4-10,12,15-18,21-22,24-25H2,1-3H3,(H,47,57)(H,48,53,54);8,10-11,18H,1-7,9,12-15,25H2,(H,26,29,30);6-7,9,11,14-16,24,27H,4-5,8,10H2,1-3H3,(H,25,26);(H,6,7);2*1H4/t26-,31+,32+,33?,35+,42+,43+,44+,45+;;11-,14+,15+,16+,18+,19+,20+,21+;;;/m1.1.../s1. The average molecular weight is 1800 g/mol. The number of hydrogen-bond acceptors (Lipinski definition) is 22. The summed E-state index contributed by atoms with van der Waals surface area (Å²) < 4.78 is 77.2. The van der Waals surface area contributed by atoms with E-state index in [-0.39, 0.29) is 142 Å². The van der Waals surface area contributed by atoms with Gasteiger partial charge in [0.1, 0.15) is 36.8 Å². The highest BCUT2D eigenvalue weighted by atomic mass is 19.4. The average Bonchev–Trinajstić information content (AvgIpc) is 1.46. The number of ether oxygens (including phenoxy) is 2. The number of nitrogens with one attached hydrogen (secondary N) is 3. The van der Waals surface area contributed by atoms with E-state index < -0.39 is 163 Å². The van der Waals surface area contributed by atoms with E-state index in [1.54, 1.807) is 52.0 Å². The number of aliphatic carboxylic acids is 2. The van der Waals surface area contributed by atoms with Crippen molar-refractivity contribution in [1.82, 2.24) is 25.8 Å². The Labute approximate surface area is 740 Å². The Kier molecular flexibility index (Phi) is 32.0. The zero-order valence-electron chi connectivity index (χ0n) is 71.8. The molecule has 4 aliphatic heterocycles. The van der Waals surface area contributed by atoms with E-state index >= 15 is 8.78 Å². The van der Waals surface area contributed by atoms with Crippen molar-refractivity contribution < 1.29 is 134 Å². The monoisotopic (exact) mass is 1800 g/mol. The van der Waals surface area contributed by atoms with Crippen LogP contribution in [0.1, 0.15) is 278 Å². The number of hydrogen-bond donors (Lipinski definition) is 10. The summed E-state index contributed by atoms with van der Waals surface area (Å²) >= 11 is 0. The lowest BCUT2D eigenvalue weighted by atomic mass is 9.44. The van der Waals surface area contributed by atoms with E-state index in [0.717, 1.165) is 93.4 Å². The number of Topliss-reactive ketones (excluding diaryl/α,β-unsaturated/α-hetero) is 2. The summed E-state index contributed by atoms with van der Waals surface area (Å²) in [5.74, 6) is -12.5. The molecule has 14 rings (SSSR count). The van der Waals surface area contributed by atoms with Crippen molar-refractivity contribution >= 4 is 88.2 Å². The number of nitrogens with zero attached hydrogens (tertiary/aromatic N) is 2. The first kappa shape index (κ1) is 102. The van der Waals surface area contributed by atoms with Crippen molar-refractivity contribution in [2.24, 2.45) is 62.9 Å². The maximum Gasteiger partial charge on any atom is 0.490 e. The molecule has 29 nitrogen and oxygen atoms in total. The van der Waals surface area contributed by atoms with Gasteiger partial charge in [0.25, 0.3) is 29.5 Å². The Balaban J connectivity index is 0.000000225. The number of nitrogens with two attached hydrogens (primary N) is 1. The van der Waals surface area contributed by atoms with Gasteiger partial charge in [-0.2, -0.15) is 13.2 Å². The van der Waals surface area contributed by atoms with Gasteiger partial charge in [0.15, 0.2) is 45.7 Å². The van der Waals surface area contributed by atoms with Crippen molar-refractivity contribution in [2.45, 2.75) is 289 Å². The maximum absolute atomic E-state index is 17.4. The van der Waals surface area contributed by atoms with Crippen LogP contribution in [0.25, 0.3) is 0 Å². The van der Waals surface area contributed by atoms with Gasteiger partial charge in [-0.05, 0) is 183 Å². The third-order valence-corrected chi connectivity index (χ3v) is 29.6. The number of imide groups is 4. The minimum Gasteiger partial charge on any atom is -0.485 e. The van der Waals surface area contributed by atoms with Crippen LogP contribution in [0, 0.1) is 57.2 Å². The maximum atomic E-state index is 17.4. The molecule has 0 bridgehead atoms. The summed E-state index contributed by atoms with van der Waals surface area (Å²) in [4.78, 5) is 185. The van der Waals surface area contributed by atoms with Crippen molar-refractivity contribution in [2.75, 3.05) is 26.3 Å². The molecule has 9 amide bonds. The van der Waals surface area contributed by atoms with Crippen molar-refractivity contribution in [3.8, 4) is 11.5 Å². The molecule has 702 valence electrons. The Hall–Kier alpha value is -9.90. The van der Waals surface area contributed by atoms with Gasteiger partial charge in [-0.15, -0.1) is 0 Å². The number of rotatable bonds is 29. The molecule has 2 unspecified atom stereocenters. The fourth-order valence-electron chi connectivity index (χ4n) is 22.7. The van der Waals surface area contributed by atoms with Crippen LogP contribution in [0.3, 0.4) is 0 Å². The van der Waals surface area contributed by atoms with Crippen LogP contribution in [-0.2, 0) is 52.7 Å². The van der Waals surface area contributed by atoms with Crippen molar-refractivity contribution in [1.29, 1.82) is 0 Å². The molecule has 2 aromatic rings. The molecule has 11 N–H and O–H groups in total. The molecule has 8 fully saturated rings. The molecule has 2 aromatic carbocycles. The van der Waals surface area contributed by atoms with Gasteiger partial charge >= 0.3 is 18.1 Å². The number of piperidine rings is 2. The topological polar surface area (TPSA) is 464 Å². The van der Waals surface area contributed by atoms with Crippen molar-refractivity contribution in [3.63, 3.8) is 0 Å². The first-order valence-electron chi connectivity index (χ1n) is 43.9. The van der Waals surface area contributed by atoms with Crippen LogP contribution in [0.5, 0.6) is 11.5 Å². The highest BCUT2D eigenvalue weighted by Crippen LogP contribution is 2.73. The van der Waals surface area contributed by atoms with E-state index in [9.17, 15) is 106 Å². The number of carbonyl (C=O) groups is 15. The molecule has 4 heterocycles. The molecule has 2 saturated heterocycles. The second-order valence-electron chi connectivity index (χ2n) is 36.8. The highest BCUT2D eigenvalue weighted by Gasteiger charge is 2.78. The number of aliphatic hydroxyl groups excluding tert-OH is 2. The first-order valence-corrected chi connectivity index (χ1v) is 43.9. The number of alkyl halides is 5. The van der Waals surface area contributed by atoms with Gasteiger partial charge in [0, 0.05) is 65.7 Å². The van der Waals surface area contributed by atoms with E-state index in [4.69, 9.17) is 25.1 Å². The minimum absolute atomic E-state index is 0. The van der Waals surface area contributed by atoms with Gasteiger partial charge < -0.3 is 51.2 Å². The molecule has 0 aromatic heterocycles. The zero-order chi connectivity index (χ0) is 92.4. The fourth-order valence-corrected chi connectivity index (χ4v) is 22.7. The molecule has 8 aliphatic carbocycles. The summed E-state index contributed by atoms with van der Waals surface area (Å²) in [6.45, 7) is 11.2. The molecule has 0 spiro atoms. The van der Waals surface area contributed by atoms with Crippen molar-refractivity contribution in [3.05, 3.63) is 106 Å². The lowest BCUT2D eigenvalue weighted by molar-refractivity contribution is -0.225. The first-order chi connectivity index (χ1) is 59.3. The minimum atomic E-state index is -5.08. The predicted octanol–water partition coefficient (Wildman–Crippen LogP) is 11.1. The van der Waals surface area contributed by atoms with Crippen LogP contribution >= 0.6 is 0 Å². The Morgan fingerprint density at radius 2 is 0.891 bits per heavy atom. The predicted molar refractivity (Wildman–Crippen MR) is 454 cm³/mol. The van der Waals surface area contributed by atoms with Gasteiger partial charge in [0.05, 0.1) is 34.5 Å². The van der Waals surface area contributed by atoms with Gasteiger partial charge in [-0.25, -0.2) is 18.4 Å². The second-order valence-corrected chi connectivity index (χ2v) is 36.8. The number of carboxylic acid groups (broad SMARTS) is 2. The zero-order valence-corrected chi connectivity index (χ0v) is 71.8. The molecular formula is C94H123F5N6O23. The number of unbranched alkanes of at least 4 members (excludes halogenated alkanes) is 12. The number of halogens is 5. The number of carbonyl (C=O) groups excluding carboxylic acids is 13. The molecule has 128 heavy (non-hydrogen) atoms. The van der Waals surface area contributed by atoms with Gasteiger partial charge in [0.2, 0.25) is 23.6 Å². The number of aliphatic hydroxyl groups is 4. The van der Waals surface area contributed by atoms with E-state index in [1.807, 2.05) is 13.8 Å². The summed E-state index contributed by atoms with van der Waals surface area (Å²) in [5, 5.41) is 70.1. The van der Waals surface area contributed by atoms with Crippen LogP contribution in [-0.4, -0.2) is 208 Å². The Morgan fingerprint density at radius 1 is 0.523 bits per heavy atom. The van der Waals surface area contributed by atoms with Gasteiger partial charge in [-0.3, -0.25) is 82.8 Å². The molecule has 18 atom stereocenters. The Morgan fingerprint density at radius 3 is 1.27 bits per heavy atom. The highest BCUT2D eigenvalue weighted by molar-refractivity contribution is 6.25. The number of allylic oxidation sites excluding steroid dienone is 8. The van der Waals surface area contributed by atoms with E-state index in [0.29, 0.717) is 75.5 Å². The fraction of sp³-hybridized carbons (Fsp3) is 0.628. The summed E-state index contributed by atoms with van der Waals surface area (Å²) in [6, 6.07) is 6.97. The second kappa shape index (κ2) is 40.2. The van der Waals surface area contributed by atoms with Crippen LogP contribution in [0.4, 0.5) is 22.0 Å². The van der Waals surface area contributed by atoms with Crippen LogP contribution in [0.2, 0.25) is 0 Å². The van der Waals surface area contributed by atoms with E-state index in [2.05, 4.69) is 16.0 Å². The molecule has 6 saturated carbocycles. The largest absolute Gasteiger partial charge is 0.490 e. The summed E-state index contributed by atoms with van der Waals surface area (Å²) in [7, 11) is 0. The lowest BCUT2D eigenvalue weighted by Gasteiger charge is -2.62. The quantitative estimate of drug-likeness (QED) is 0.0205. The lowest BCUT2D eigenvalue weighted by Crippen LogP contribution is -2.70. The Bertz CT molecular complexity index is 4820. The number of amides is 9. The third-order valence-electron chi connectivity index (χ3n) is 29.6. The SMILES string of the molecule is C.C.C[C@@H]1C[C@H]2[C@@H]3CCC4=CC(=O)C=C[C@]4(C)[C@@]3(F)[C@@H](O)C[C@]2(C)[C@@]1(O)C(=O)NCCCCCCCCCC(=O)COc1cccc2c1C(=O)N(C1CCC(=O)NC1=O)C2=O.C[C@@H]1C[C@H]2[C@@H]3CCC4=CC(=O)C=C[C@]4(C)[C@@]3(F)[C@@H](O)C[C@]2(C)[C@@]1(O)C(=O)O.NCCCCCCCCCC(=O)COc1cccc2c1C(=O)N(C1CCC(=O)NC1=O)C2=O.O=C(O)C(F)(F)F. The number of fused-ring (bicyclic) bond motifs is 12. The molecule has 0 radical (unpaired) electrons. The number of ketones is 4. The molecule has 34 heteroatoms. The number of benzene rings is 2. The third kappa shape index (κ3) is 18.7.